The highest BCUT2D eigenvalue weighted by atomic mass is 19.4. The Kier molecular flexibility index (Phi) is 4.78. The van der Waals surface area contributed by atoms with Crippen molar-refractivity contribution < 1.29 is 13.2 Å². The zero-order valence-corrected chi connectivity index (χ0v) is 15.6. The van der Waals surface area contributed by atoms with Crippen LogP contribution in [-0.2, 0) is 12.6 Å². The molecule has 0 saturated carbocycles. The third-order valence-corrected chi connectivity index (χ3v) is 5.23. The van der Waals surface area contributed by atoms with Gasteiger partial charge in [-0.3, -0.25) is 5.41 Å². The number of hydrogen-bond donors (Lipinski definition) is 2. The first-order chi connectivity index (χ1) is 13.8. The molecular formula is C23H20F3N3. The van der Waals surface area contributed by atoms with E-state index in [0.29, 0.717) is 5.56 Å². The molecule has 0 aromatic heterocycles. The normalized spacial score (nSPS) is 13.8. The predicted octanol–water partition coefficient (Wildman–Crippen LogP) is 5.74. The topological polar surface area (TPSA) is 53.1 Å². The lowest BCUT2D eigenvalue weighted by Crippen LogP contribution is -2.24. The first-order valence-electron chi connectivity index (χ1n) is 9.35. The second-order valence-electron chi connectivity index (χ2n) is 7.13. The summed E-state index contributed by atoms with van der Waals surface area (Å²) in [5.41, 5.74) is 10.5. The van der Waals surface area contributed by atoms with Crippen LogP contribution in [0.5, 0.6) is 0 Å². The Bertz CT molecular complexity index is 1040. The molecule has 3 nitrogen and oxygen atoms in total. The summed E-state index contributed by atoms with van der Waals surface area (Å²) in [7, 11) is 0. The van der Waals surface area contributed by atoms with Gasteiger partial charge in [-0.2, -0.15) is 13.2 Å². The van der Waals surface area contributed by atoms with Crippen molar-refractivity contribution in [3.05, 3.63) is 83.4 Å². The van der Waals surface area contributed by atoms with Gasteiger partial charge in [-0.1, -0.05) is 18.2 Å². The molecule has 6 heteroatoms. The molecule has 0 aliphatic carbocycles. The highest BCUT2D eigenvalue weighted by Gasteiger charge is 2.30. The van der Waals surface area contributed by atoms with Gasteiger partial charge < -0.3 is 10.6 Å². The summed E-state index contributed by atoms with van der Waals surface area (Å²) in [4.78, 5) is 2.22. The smallest absolute Gasteiger partial charge is 0.384 e. The molecule has 0 radical (unpaired) electrons. The van der Waals surface area contributed by atoms with Crippen LogP contribution < -0.4 is 10.6 Å². The number of nitrogens with one attached hydrogen (secondary N) is 1. The van der Waals surface area contributed by atoms with E-state index >= 15 is 0 Å². The summed E-state index contributed by atoms with van der Waals surface area (Å²) in [6.45, 7) is 0.881. The summed E-state index contributed by atoms with van der Waals surface area (Å²) in [6, 6.07) is 18.9. The van der Waals surface area contributed by atoms with Crippen LogP contribution >= 0.6 is 0 Å². The summed E-state index contributed by atoms with van der Waals surface area (Å²) in [6.07, 6.45) is -2.42. The molecule has 1 aliphatic rings. The molecule has 148 valence electrons. The van der Waals surface area contributed by atoms with E-state index in [1.807, 2.05) is 36.4 Å². The highest BCUT2D eigenvalue weighted by Crippen LogP contribution is 2.37. The second kappa shape index (κ2) is 7.28. The fraction of sp³-hybridized carbons (Fsp3) is 0.174. The molecule has 29 heavy (non-hydrogen) atoms. The quantitative estimate of drug-likeness (QED) is 0.439. The van der Waals surface area contributed by atoms with Gasteiger partial charge >= 0.3 is 6.18 Å². The molecule has 1 heterocycles. The fourth-order valence-corrected chi connectivity index (χ4v) is 3.72. The number of benzene rings is 3. The molecule has 0 spiro atoms. The van der Waals surface area contributed by atoms with Gasteiger partial charge in [0.1, 0.15) is 5.84 Å². The number of fused-ring (bicyclic) bond motifs is 1. The number of rotatable bonds is 3. The van der Waals surface area contributed by atoms with Crippen molar-refractivity contribution in [1.29, 1.82) is 5.41 Å². The van der Waals surface area contributed by atoms with Crippen LogP contribution in [0.1, 0.15) is 23.1 Å². The SMILES string of the molecule is N=C(N)c1ccc(N2CCCc3cc(-c4ccc(C(F)(F)F)cc4)ccc32)cc1. The number of nitrogen functional groups attached to an aromatic ring is 1. The van der Waals surface area contributed by atoms with E-state index in [9.17, 15) is 13.2 Å². The minimum Gasteiger partial charge on any atom is -0.384 e. The minimum absolute atomic E-state index is 0.0387. The molecule has 0 atom stereocenters. The number of hydrogen-bond acceptors (Lipinski definition) is 2. The summed E-state index contributed by atoms with van der Waals surface area (Å²) >= 11 is 0. The van der Waals surface area contributed by atoms with Crippen LogP contribution in [-0.4, -0.2) is 12.4 Å². The van der Waals surface area contributed by atoms with Crippen molar-refractivity contribution >= 4 is 17.2 Å². The van der Waals surface area contributed by atoms with Crippen molar-refractivity contribution in [3.63, 3.8) is 0 Å². The third-order valence-electron chi connectivity index (χ3n) is 5.23. The van der Waals surface area contributed by atoms with E-state index in [1.54, 1.807) is 0 Å². The molecular weight excluding hydrogens is 375 g/mol. The number of anilines is 2. The van der Waals surface area contributed by atoms with Gasteiger partial charge in [0.2, 0.25) is 0 Å². The lowest BCUT2D eigenvalue weighted by molar-refractivity contribution is -0.137. The zero-order valence-electron chi connectivity index (χ0n) is 15.6. The minimum atomic E-state index is -4.33. The Morgan fingerprint density at radius 3 is 2.17 bits per heavy atom. The maximum atomic E-state index is 12.8. The molecule has 1 aliphatic heterocycles. The number of nitrogens with zero attached hydrogens (tertiary/aromatic N) is 1. The van der Waals surface area contributed by atoms with E-state index in [-0.39, 0.29) is 5.84 Å². The van der Waals surface area contributed by atoms with Gasteiger partial charge in [0.15, 0.2) is 0 Å². The Balaban J connectivity index is 1.64. The van der Waals surface area contributed by atoms with Crippen molar-refractivity contribution in [3.8, 4) is 11.1 Å². The average Bonchev–Trinajstić information content (AvgIpc) is 2.72. The molecule has 4 rings (SSSR count). The monoisotopic (exact) mass is 395 g/mol. The fourth-order valence-electron chi connectivity index (χ4n) is 3.72. The van der Waals surface area contributed by atoms with Crippen LogP contribution in [0.4, 0.5) is 24.5 Å². The molecule has 0 bridgehead atoms. The van der Waals surface area contributed by atoms with Gasteiger partial charge in [-0.05, 0) is 78.1 Å². The summed E-state index contributed by atoms with van der Waals surface area (Å²) in [5, 5.41) is 7.52. The number of amidine groups is 1. The van der Waals surface area contributed by atoms with Crippen LogP contribution in [0, 0.1) is 5.41 Å². The second-order valence-corrected chi connectivity index (χ2v) is 7.13. The number of nitrogens with two attached hydrogens (primary N) is 1. The van der Waals surface area contributed by atoms with E-state index in [4.69, 9.17) is 11.1 Å². The molecule has 3 aromatic rings. The summed E-state index contributed by atoms with van der Waals surface area (Å²) < 4.78 is 38.4. The molecule has 0 amide bonds. The van der Waals surface area contributed by atoms with Crippen LogP contribution in [0.3, 0.4) is 0 Å². The standard InChI is InChI=1S/C23H20F3N3/c24-23(25,26)19-8-3-15(4-9-19)17-7-12-21-18(14-17)2-1-13-29(21)20-10-5-16(6-11-20)22(27)28/h3-12,14H,1-2,13H2,(H3,27,28). The molecule has 0 unspecified atom stereocenters. The van der Waals surface area contributed by atoms with Gasteiger partial charge in [0.25, 0.3) is 0 Å². The van der Waals surface area contributed by atoms with Crippen molar-refractivity contribution in [2.75, 3.05) is 11.4 Å². The predicted molar refractivity (Wildman–Crippen MR) is 110 cm³/mol. The Labute approximate surface area is 167 Å². The highest BCUT2D eigenvalue weighted by molar-refractivity contribution is 5.95. The van der Waals surface area contributed by atoms with Gasteiger partial charge in [0, 0.05) is 23.5 Å². The van der Waals surface area contributed by atoms with Crippen LogP contribution in [0.2, 0.25) is 0 Å². The largest absolute Gasteiger partial charge is 0.416 e. The summed E-state index contributed by atoms with van der Waals surface area (Å²) in [5.74, 6) is 0.0387. The first-order valence-corrected chi connectivity index (χ1v) is 9.35. The van der Waals surface area contributed by atoms with Gasteiger partial charge in [-0.15, -0.1) is 0 Å². The van der Waals surface area contributed by atoms with Crippen molar-refractivity contribution in [1.82, 2.24) is 0 Å². The maximum absolute atomic E-state index is 12.8. The Morgan fingerprint density at radius 1 is 0.897 bits per heavy atom. The number of alkyl halides is 3. The van der Waals surface area contributed by atoms with Crippen molar-refractivity contribution in [2.45, 2.75) is 19.0 Å². The zero-order chi connectivity index (χ0) is 20.6. The lowest BCUT2D eigenvalue weighted by Gasteiger charge is -2.32. The van der Waals surface area contributed by atoms with Crippen molar-refractivity contribution in [2.24, 2.45) is 5.73 Å². The number of aryl methyl sites for hydroxylation is 1. The molecule has 3 aromatic carbocycles. The third kappa shape index (κ3) is 3.83. The average molecular weight is 395 g/mol. The van der Waals surface area contributed by atoms with Gasteiger partial charge in [-0.25, -0.2) is 0 Å². The van der Waals surface area contributed by atoms with E-state index < -0.39 is 11.7 Å². The first kappa shape index (κ1) is 19.1. The van der Waals surface area contributed by atoms with E-state index in [1.165, 1.54) is 17.7 Å². The van der Waals surface area contributed by atoms with Crippen LogP contribution in [0.15, 0.2) is 66.7 Å². The Morgan fingerprint density at radius 2 is 1.55 bits per heavy atom. The van der Waals surface area contributed by atoms with Crippen LogP contribution in [0.25, 0.3) is 11.1 Å². The lowest BCUT2D eigenvalue weighted by atomic mass is 9.95. The number of halogens is 3. The van der Waals surface area contributed by atoms with E-state index in [0.717, 1.165) is 54.0 Å². The maximum Gasteiger partial charge on any atom is 0.416 e. The Hall–Kier alpha value is -3.28. The van der Waals surface area contributed by atoms with E-state index in [2.05, 4.69) is 11.0 Å². The molecule has 0 fully saturated rings. The molecule has 0 saturated heterocycles. The molecule has 3 N–H and O–H groups in total. The van der Waals surface area contributed by atoms with Gasteiger partial charge in [0.05, 0.1) is 5.56 Å².